The Morgan fingerprint density at radius 2 is 1.95 bits per heavy atom. The fourth-order valence-corrected chi connectivity index (χ4v) is 3.98. The predicted molar refractivity (Wildman–Crippen MR) is 81.5 cm³/mol. The number of piperidine rings is 1. The van der Waals surface area contributed by atoms with Gasteiger partial charge in [-0.1, -0.05) is 0 Å². The third kappa shape index (κ3) is 3.63. The number of benzene rings is 1. The van der Waals surface area contributed by atoms with E-state index in [9.17, 15) is 17.6 Å². The molecule has 0 saturated carbocycles. The molecule has 2 rings (SSSR count). The van der Waals surface area contributed by atoms with Crippen LogP contribution in [0.1, 0.15) is 19.8 Å². The number of rotatable bonds is 4. The zero-order chi connectivity index (χ0) is 16.3. The number of carbonyl (C=O) groups excluding carboxylic acids is 1. The van der Waals surface area contributed by atoms with Gasteiger partial charge in [0.15, 0.2) is 0 Å². The highest BCUT2D eigenvalue weighted by Gasteiger charge is 2.29. The minimum Gasteiger partial charge on any atom is -0.324 e. The lowest BCUT2D eigenvalue weighted by Crippen LogP contribution is -2.43. The third-order valence-electron chi connectivity index (χ3n) is 3.75. The minimum absolute atomic E-state index is 0.0134. The zero-order valence-electron chi connectivity index (χ0n) is 12.6. The van der Waals surface area contributed by atoms with Crippen LogP contribution in [0.5, 0.6) is 0 Å². The molecule has 0 bridgehead atoms. The van der Waals surface area contributed by atoms with Crippen molar-refractivity contribution in [2.24, 2.45) is 0 Å². The smallest absolute Gasteiger partial charge is 0.243 e. The second-order valence-corrected chi connectivity index (χ2v) is 7.23. The van der Waals surface area contributed by atoms with Crippen LogP contribution < -0.4 is 10.6 Å². The monoisotopic (exact) mass is 329 g/mol. The van der Waals surface area contributed by atoms with Crippen molar-refractivity contribution in [1.29, 1.82) is 0 Å². The van der Waals surface area contributed by atoms with Crippen LogP contribution in [0.15, 0.2) is 23.1 Å². The zero-order valence-corrected chi connectivity index (χ0v) is 13.4. The number of hydrogen-bond donors (Lipinski definition) is 2. The summed E-state index contributed by atoms with van der Waals surface area (Å²) in [4.78, 5) is 11.0. The van der Waals surface area contributed by atoms with E-state index in [1.54, 1.807) is 0 Å². The Morgan fingerprint density at radius 1 is 1.32 bits per heavy atom. The number of amides is 1. The maximum absolute atomic E-state index is 13.6. The standard InChI is InChI=1S/C14H20FN3O3S/c1-10(19)17-14-9-12(3-4-13(14)15)22(20,21)18-7-5-11(16-2)6-8-18/h3-4,9,11,16H,5-8H2,1-2H3,(H,17,19). The number of halogens is 1. The van der Waals surface area contributed by atoms with Gasteiger partial charge in [0.05, 0.1) is 10.6 Å². The van der Waals surface area contributed by atoms with Crippen LogP contribution in [0.25, 0.3) is 0 Å². The van der Waals surface area contributed by atoms with E-state index in [4.69, 9.17) is 0 Å². The average molecular weight is 329 g/mol. The third-order valence-corrected chi connectivity index (χ3v) is 5.64. The Hall–Kier alpha value is -1.51. The van der Waals surface area contributed by atoms with E-state index in [2.05, 4.69) is 10.6 Å². The molecule has 122 valence electrons. The van der Waals surface area contributed by atoms with Crippen molar-refractivity contribution in [2.75, 3.05) is 25.5 Å². The Morgan fingerprint density at radius 3 is 2.50 bits per heavy atom. The highest BCUT2D eigenvalue weighted by molar-refractivity contribution is 7.89. The van der Waals surface area contributed by atoms with Crippen molar-refractivity contribution in [1.82, 2.24) is 9.62 Å². The van der Waals surface area contributed by atoms with Gasteiger partial charge in [0, 0.05) is 26.1 Å². The lowest BCUT2D eigenvalue weighted by atomic mass is 10.1. The first-order valence-electron chi connectivity index (χ1n) is 7.09. The molecule has 0 unspecified atom stereocenters. The quantitative estimate of drug-likeness (QED) is 0.869. The molecular formula is C14H20FN3O3S. The summed E-state index contributed by atoms with van der Waals surface area (Å²) in [6.45, 7) is 2.07. The molecule has 1 heterocycles. The van der Waals surface area contributed by atoms with E-state index in [1.165, 1.54) is 17.3 Å². The summed E-state index contributed by atoms with van der Waals surface area (Å²) >= 11 is 0. The summed E-state index contributed by atoms with van der Waals surface area (Å²) in [6, 6.07) is 3.75. The lowest BCUT2D eigenvalue weighted by Gasteiger charge is -2.31. The summed E-state index contributed by atoms with van der Waals surface area (Å²) < 4.78 is 40.2. The molecular weight excluding hydrogens is 309 g/mol. The SMILES string of the molecule is CNC1CCN(S(=O)(=O)c2ccc(F)c(NC(C)=O)c2)CC1. The second kappa shape index (κ2) is 6.72. The van der Waals surface area contributed by atoms with Crippen molar-refractivity contribution in [3.8, 4) is 0 Å². The molecule has 0 aromatic heterocycles. The van der Waals surface area contributed by atoms with Crippen molar-refractivity contribution in [3.63, 3.8) is 0 Å². The summed E-state index contributed by atoms with van der Waals surface area (Å²) in [5, 5.41) is 5.43. The van der Waals surface area contributed by atoms with Crippen LogP contribution in [0.4, 0.5) is 10.1 Å². The van der Waals surface area contributed by atoms with Gasteiger partial charge < -0.3 is 10.6 Å². The largest absolute Gasteiger partial charge is 0.324 e. The van der Waals surface area contributed by atoms with Crippen LogP contribution in [-0.4, -0.2) is 44.8 Å². The molecule has 0 radical (unpaired) electrons. The molecule has 1 amide bonds. The maximum atomic E-state index is 13.6. The second-order valence-electron chi connectivity index (χ2n) is 5.29. The van der Waals surface area contributed by atoms with Crippen LogP contribution in [0, 0.1) is 5.82 Å². The molecule has 0 aliphatic carbocycles. The summed E-state index contributed by atoms with van der Waals surface area (Å²) in [6.07, 6.45) is 1.46. The lowest BCUT2D eigenvalue weighted by molar-refractivity contribution is -0.114. The first kappa shape index (κ1) is 16.9. The molecule has 0 spiro atoms. The highest BCUT2D eigenvalue weighted by Crippen LogP contribution is 2.24. The van der Waals surface area contributed by atoms with Crippen molar-refractivity contribution >= 4 is 21.6 Å². The Balaban J connectivity index is 2.24. The van der Waals surface area contributed by atoms with E-state index in [0.717, 1.165) is 25.0 Å². The van der Waals surface area contributed by atoms with E-state index < -0.39 is 21.7 Å². The fraction of sp³-hybridized carbons (Fsp3) is 0.500. The number of nitrogens with zero attached hydrogens (tertiary/aromatic N) is 1. The van der Waals surface area contributed by atoms with Gasteiger partial charge in [0.2, 0.25) is 15.9 Å². The number of hydrogen-bond acceptors (Lipinski definition) is 4. The first-order chi connectivity index (χ1) is 10.3. The van der Waals surface area contributed by atoms with Gasteiger partial charge in [0.1, 0.15) is 5.82 Å². The van der Waals surface area contributed by atoms with E-state index in [1.807, 2.05) is 7.05 Å². The number of carbonyl (C=O) groups is 1. The summed E-state index contributed by atoms with van der Waals surface area (Å²) in [5.41, 5.74) is -0.126. The molecule has 8 heteroatoms. The molecule has 1 aromatic carbocycles. The van der Waals surface area contributed by atoms with Gasteiger partial charge in [0.25, 0.3) is 0 Å². The van der Waals surface area contributed by atoms with Crippen LogP contribution >= 0.6 is 0 Å². The first-order valence-corrected chi connectivity index (χ1v) is 8.53. The Kier molecular flexibility index (Phi) is 5.15. The normalized spacial score (nSPS) is 17.4. The molecule has 22 heavy (non-hydrogen) atoms. The van der Waals surface area contributed by atoms with Crippen LogP contribution in [0.2, 0.25) is 0 Å². The van der Waals surface area contributed by atoms with Gasteiger partial charge >= 0.3 is 0 Å². The maximum Gasteiger partial charge on any atom is 0.243 e. The Bertz CT molecular complexity index is 655. The van der Waals surface area contributed by atoms with Gasteiger partial charge in [-0.15, -0.1) is 0 Å². The van der Waals surface area contributed by atoms with Crippen LogP contribution in [0.3, 0.4) is 0 Å². The number of nitrogens with one attached hydrogen (secondary N) is 2. The average Bonchev–Trinajstić information content (AvgIpc) is 2.49. The molecule has 1 fully saturated rings. The Labute approximate surface area is 129 Å². The number of sulfonamides is 1. The van der Waals surface area contributed by atoms with Gasteiger partial charge in [-0.2, -0.15) is 4.31 Å². The van der Waals surface area contributed by atoms with E-state index in [0.29, 0.717) is 19.1 Å². The molecule has 1 aromatic rings. The predicted octanol–water partition coefficient (Wildman–Crippen LogP) is 1.16. The molecule has 1 saturated heterocycles. The summed E-state index contributed by atoms with van der Waals surface area (Å²) in [5.74, 6) is -1.12. The van der Waals surface area contributed by atoms with Gasteiger partial charge in [-0.25, -0.2) is 12.8 Å². The van der Waals surface area contributed by atoms with Crippen molar-refractivity contribution in [2.45, 2.75) is 30.7 Å². The molecule has 2 N–H and O–H groups in total. The summed E-state index contributed by atoms with van der Waals surface area (Å²) in [7, 11) is -1.83. The van der Waals surface area contributed by atoms with Gasteiger partial charge in [-0.05, 0) is 38.1 Å². The number of anilines is 1. The highest BCUT2D eigenvalue weighted by atomic mass is 32.2. The molecule has 1 aliphatic rings. The van der Waals surface area contributed by atoms with Crippen LogP contribution in [-0.2, 0) is 14.8 Å². The topological polar surface area (TPSA) is 78.5 Å². The van der Waals surface area contributed by atoms with Crippen molar-refractivity contribution < 1.29 is 17.6 Å². The van der Waals surface area contributed by atoms with E-state index in [-0.39, 0.29) is 10.6 Å². The van der Waals surface area contributed by atoms with E-state index >= 15 is 0 Å². The van der Waals surface area contributed by atoms with Gasteiger partial charge in [-0.3, -0.25) is 4.79 Å². The minimum atomic E-state index is -3.68. The molecule has 1 aliphatic heterocycles. The molecule has 6 nitrogen and oxygen atoms in total. The van der Waals surface area contributed by atoms with Crippen molar-refractivity contribution in [3.05, 3.63) is 24.0 Å². The fourth-order valence-electron chi connectivity index (χ4n) is 2.48. The molecule has 0 atom stereocenters.